The summed E-state index contributed by atoms with van der Waals surface area (Å²) in [4.78, 5) is 12.0. The Hall–Kier alpha value is -1.32. The summed E-state index contributed by atoms with van der Waals surface area (Å²) in [5.74, 6) is -0.0174. The molecule has 0 aliphatic rings. The van der Waals surface area contributed by atoms with Gasteiger partial charge < -0.3 is 5.32 Å². The fourth-order valence-corrected chi connectivity index (χ4v) is 2.49. The number of aryl methyl sites for hydroxylation is 2. The van der Waals surface area contributed by atoms with Crippen LogP contribution in [0.4, 0.5) is 5.69 Å². The third-order valence-electron chi connectivity index (χ3n) is 3.11. The average Bonchev–Trinajstić information content (AvgIpc) is 2.43. The lowest BCUT2D eigenvalue weighted by molar-refractivity contribution is -0.116. The van der Waals surface area contributed by atoms with E-state index in [9.17, 15) is 4.79 Å². The van der Waals surface area contributed by atoms with Crippen molar-refractivity contribution in [2.24, 2.45) is 0 Å². The SMILES string of the molecule is Cc1ccccc1CCC(=O)Nc1cccc(Cl)c1Br. The molecule has 0 aliphatic heterocycles. The van der Waals surface area contributed by atoms with Crippen molar-refractivity contribution >= 4 is 39.1 Å². The Bertz CT molecular complexity index is 628. The van der Waals surface area contributed by atoms with E-state index < -0.39 is 0 Å². The molecule has 2 nitrogen and oxygen atoms in total. The van der Waals surface area contributed by atoms with Crippen molar-refractivity contribution in [3.63, 3.8) is 0 Å². The Morgan fingerprint density at radius 1 is 1.20 bits per heavy atom. The first-order valence-electron chi connectivity index (χ1n) is 6.36. The van der Waals surface area contributed by atoms with E-state index in [2.05, 4.69) is 40.3 Å². The number of carbonyl (C=O) groups excluding carboxylic acids is 1. The number of rotatable bonds is 4. The molecule has 0 saturated heterocycles. The van der Waals surface area contributed by atoms with Crippen LogP contribution in [0.15, 0.2) is 46.9 Å². The van der Waals surface area contributed by atoms with Crippen LogP contribution in [0.5, 0.6) is 0 Å². The van der Waals surface area contributed by atoms with Crippen LogP contribution in [-0.4, -0.2) is 5.91 Å². The second kappa shape index (κ2) is 6.91. The Morgan fingerprint density at radius 3 is 2.70 bits per heavy atom. The van der Waals surface area contributed by atoms with Crippen molar-refractivity contribution < 1.29 is 4.79 Å². The molecule has 1 amide bonds. The average molecular weight is 353 g/mol. The van der Waals surface area contributed by atoms with Gasteiger partial charge in [-0.05, 0) is 52.5 Å². The number of nitrogens with one attached hydrogen (secondary N) is 1. The summed E-state index contributed by atoms with van der Waals surface area (Å²) in [6.45, 7) is 2.06. The Morgan fingerprint density at radius 2 is 1.95 bits per heavy atom. The summed E-state index contributed by atoms with van der Waals surface area (Å²) in [5, 5.41) is 3.46. The Labute approximate surface area is 132 Å². The molecule has 0 radical (unpaired) electrons. The highest BCUT2D eigenvalue weighted by atomic mass is 79.9. The zero-order valence-corrected chi connectivity index (χ0v) is 13.5. The molecule has 0 fully saturated rings. The molecule has 1 N–H and O–H groups in total. The lowest BCUT2D eigenvalue weighted by Crippen LogP contribution is -2.13. The molecule has 0 atom stereocenters. The molecule has 0 aromatic heterocycles. The molecule has 0 unspecified atom stereocenters. The molecular formula is C16H15BrClNO. The summed E-state index contributed by atoms with van der Waals surface area (Å²) < 4.78 is 0.714. The van der Waals surface area contributed by atoms with E-state index in [0.717, 1.165) is 6.42 Å². The lowest BCUT2D eigenvalue weighted by Gasteiger charge is -2.09. The number of halogens is 2. The summed E-state index contributed by atoms with van der Waals surface area (Å²) in [7, 11) is 0. The number of benzene rings is 2. The highest BCUT2D eigenvalue weighted by Gasteiger charge is 2.08. The number of hydrogen-bond donors (Lipinski definition) is 1. The van der Waals surface area contributed by atoms with Gasteiger partial charge in [0.15, 0.2) is 0 Å². The van der Waals surface area contributed by atoms with E-state index in [1.54, 1.807) is 6.07 Å². The first kappa shape index (κ1) is 15.1. The van der Waals surface area contributed by atoms with Crippen LogP contribution in [0.1, 0.15) is 17.5 Å². The third-order valence-corrected chi connectivity index (χ3v) is 4.51. The van der Waals surface area contributed by atoms with Crippen LogP contribution in [0, 0.1) is 6.92 Å². The minimum Gasteiger partial charge on any atom is -0.325 e. The number of anilines is 1. The molecule has 0 spiro atoms. The van der Waals surface area contributed by atoms with Crippen molar-refractivity contribution in [2.75, 3.05) is 5.32 Å². The fraction of sp³-hybridized carbons (Fsp3) is 0.188. The minimum absolute atomic E-state index is 0.0174. The predicted octanol–water partition coefficient (Wildman–Crippen LogP) is 4.98. The molecule has 2 aromatic carbocycles. The molecule has 4 heteroatoms. The molecule has 104 valence electrons. The maximum absolute atomic E-state index is 12.0. The third kappa shape index (κ3) is 3.84. The fourth-order valence-electron chi connectivity index (χ4n) is 1.95. The van der Waals surface area contributed by atoms with E-state index in [-0.39, 0.29) is 5.91 Å². The summed E-state index contributed by atoms with van der Waals surface area (Å²) in [6, 6.07) is 13.5. The first-order valence-corrected chi connectivity index (χ1v) is 7.53. The van der Waals surface area contributed by atoms with Crippen molar-refractivity contribution in [3.05, 3.63) is 63.1 Å². The van der Waals surface area contributed by atoms with Gasteiger partial charge in [-0.3, -0.25) is 4.79 Å². The van der Waals surface area contributed by atoms with Gasteiger partial charge >= 0.3 is 0 Å². The normalized spacial score (nSPS) is 10.3. The second-order valence-corrected chi connectivity index (χ2v) is 5.78. The standard InChI is InChI=1S/C16H15BrClNO/c1-11-5-2-3-6-12(11)9-10-15(20)19-14-8-4-7-13(18)16(14)17/h2-8H,9-10H2,1H3,(H,19,20). The van der Waals surface area contributed by atoms with E-state index in [0.29, 0.717) is 21.6 Å². The number of carbonyl (C=O) groups is 1. The van der Waals surface area contributed by atoms with Gasteiger partial charge in [0.05, 0.1) is 15.2 Å². The lowest BCUT2D eigenvalue weighted by atomic mass is 10.0. The molecule has 2 aromatic rings. The summed E-state index contributed by atoms with van der Waals surface area (Å²) in [6.07, 6.45) is 1.18. The van der Waals surface area contributed by atoms with E-state index in [4.69, 9.17) is 11.6 Å². The molecule has 0 saturated carbocycles. The Kier molecular flexibility index (Phi) is 5.21. The molecule has 20 heavy (non-hydrogen) atoms. The van der Waals surface area contributed by atoms with E-state index in [1.165, 1.54) is 11.1 Å². The quantitative estimate of drug-likeness (QED) is 0.826. The highest BCUT2D eigenvalue weighted by molar-refractivity contribution is 9.10. The van der Waals surface area contributed by atoms with Crippen LogP contribution in [0.2, 0.25) is 5.02 Å². The van der Waals surface area contributed by atoms with Crippen LogP contribution in [0.25, 0.3) is 0 Å². The zero-order chi connectivity index (χ0) is 14.5. The number of hydrogen-bond acceptors (Lipinski definition) is 1. The molecule has 0 aliphatic carbocycles. The van der Waals surface area contributed by atoms with E-state index in [1.807, 2.05) is 24.3 Å². The van der Waals surface area contributed by atoms with Crippen LogP contribution in [0.3, 0.4) is 0 Å². The van der Waals surface area contributed by atoms with E-state index >= 15 is 0 Å². The molecule has 0 heterocycles. The van der Waals surface area contributed by atoms with Crippen LogP contribution in [-0.2, 0) is 11.2 Å². The molecule has 2 rings (SSSR count). The largest absolute Gasteiger partial charge is 0.325 e. The van der Waals surface area contributed by atoms with Gasteiger partial charge in [-0.1, -0.05) is 41.9 Å². The van der Waals surface area contributed by atoms with Gasteiger partial charge in [-0.15, -0.1) is 0 Å². The maximum atomic E-state index is 12.0. The van der Waals surface area contributed by atoms with Crippen molar-refractivity contribution in [1.29, 1.82) is 0 Å². The zero-order valence-electron chi connectivity index (χ0n) is 11.1. The monoisotopic (exact) mass is 351 g/mol. The van der Waals surface area contributed by atoms with Crippen molar-refractivity contribution in [2.45, 2.75) is 19.8 Å². The smallest absolute Gasteiger partial charge is 0.224 e. The topological polar surface area (TPSA) is 29.1 Å². The van der Waals surface area contributed by atoms with Gasteiger partial charge in [0.2, 0.25) is 5.91 Å². The highest BCUT2D eigenvalue weighted by Crippen LogP contribution is 2.30. The van der Waals surface area contributed by atoms with Crippen molar-refractivity contribution in [3.8, 4) is 0 Å². The first-order chi connectivity index (χ1) is 9.58. The summed E-state index contributed by atoms with van der Waals surface area (Å²) >= 11 is 9.36. The second-order valence-electron chi connectivity index (χ2n) is 4.58. The van der Waals surface area contributed by atoms with Crippen LogP contribution < -0.4 is 5.32 Å². The Balaban J connectivity index is 1.96. The van der Waals surface area contributed by atoms with Crippen LogP contribution >= 0.6 is 27.5 Å². The van der Waals surface area contributed by atoms with Gasteiger partial charge in [-0.25, -0.2) is 0 Å². The molecule has 0 bridgehead atoms. The minimum atomic E-state index is -0.0174. The number of amides is 1. The molecular weight excluding hydrogens is 338 g/mol. The summed E-state index contributed by atoms with van der Waals surface area (Å²) in [5.41, 5.74) is 3.12. The van der Waals surface area contributed by atoms with Crippen molar-refractivity contribution in [1.82, 2.24) is 0 Å². The van der Waals surface area contributed by atoms with Gasteiger partial charge in [-0.2, -0.15) is 0 Å². The van der Waals surface area contributed by atoms with Gasteiger partial charge in [0.25, 0.3) is 0 Å². The van der Waals surface area contributed by atoms with Gasteiger partial charge in [0.1, 0.15) is 0 Å². The maximum Gasteiger partial charge on any atom is 0.224 e. The van der Waals surface area contributed by atoms with Gasteiger partial charge in [0, 0.05) is 6.42 Å². The predicted molar refractivity (Wildman–Crippen MR) is 87.3 cm³/mol.